The first kappa shape index (κ1) is 23.7. The second-order valence-corrected chi connectivity index (χ2v) is 9.89. The van der Waals surface area contributed by atoms with E-state index in [0.717, 1.165) is 5.56 Å². The van der Waals surface area contributed by atoms with E-state index in [2.05, 4.69) is 37.9 Å². The SMILES string of the molecule is Cc1ccc(S(=O)(=O)Oc2c(Br)cc(/C=C(\C#N)c3ccc([N+](=O)[O-])cc3)cc2Br)cc1. The molecule has 3 aromatic carbocycles. The van der Waals surface area contributed by atoms with Crippen LogP contribution in [-0.2, 0) is 10.1 Å². The molecule has 10 heteroatoms. The largest absolute Gasteiger partial charge is 0.377 e. The van der Waals surface area contributed by atoms with Gasteiger partial charge < -0.3 is 4.18 Å². The van der Waals surface area contributed by atoms with Gasteiger partial charge in [-0.3, -0.25) is 10.1 Å². The third kappa shape index (κ3) is 5.43. The van der Waals surface area contributed by atoms with E-state index in [1.54, 1.807) is 30.3 Å². The number of allylic oxidation sites excluding steroid dienone is 1. The van der Waals surface area contributed by atoms with Crippen molar-refractivity contribution < 1.29 is 17.5 Å². The summed E-state index contributed by atoms with van der Waals surface area (Å²) in [5.41, 5.74) is 2.21. The third-order valence-electron chi connectivity index (χ3n) is 4.34. The molecule has 0 aliphatic carbocycles. The maximum absolute atomic E-state index is 12.6. The van der Waals surface area contributed by atoms with E-state index < -0.39 is 15.0 Å². The van der Waals surface area contributed by atoms with Crippen LogP contribution in [0, 0.1) is 28.4 Å². The molecule has 0 heterocycles. The standard InChI is InChI=1S/C22H14Br2N2O5S/c1-14-2-8-19(9-3-14)32(29,30)31-22-20(23)11-15(12-21(22)24)10-17(13-25)16-4-6-18(7-5-16)26(27)28/h2-12H,1H3/b17-10+. The summed E-state index contributed by atoms with van der Waals surface area (Å²) in [6, 6.07) is 17.2. The highest BCUT2D eigenvalue weighted by molar-refractivity contribution is 9.11. The molecular weight excluding hydrogens is 564 g/mol. The molecule has 0 spiro atoms. The first-order chi connectivity index (χ1) is 15.1. The normalized spacial score (nSPS) is 11.6. The summed E-state index contributed by atoms with van der Waals surface area (Å²) in [6.07, 6.45) is 1.58. The minimum atomic E-state index is -4.05. The Morgan fingerprint density at radius 1 is 1.06 bits per heavy atom. The van der Waals surface area contributed by atoms with Gasteiger partial charge in [-0.2, -0.15) is 13.7 Å². The van der Waals surface area contributed by atoms with Crippen molar-refractivity contribution in [3.8, 4) is 11.8 Å². The highest BCUT2D eigenvalue weighted by Crippen LogP contribution is 2.37. The van der Waals surface area contributed by atoms with E-state index >= 15 is 0 Å². The van der Waals surface area contributed by atoms with Crippen molar-refractivity contribution in [2.75, 3.05) is 0 Å². The summed E-state index contributed by atoms with van der Waals surface area (Å²) < 4.78 is 31.3. The molecule has 162 valence electrons. The minimum absolute atomic E-state index is 0.0239. The summed E-state index contributed by atoms with van der Waals surface area (Å²) in [6.45, 7) is 1.85. The second kappa shape index (κ2) is 9.65. The Balaban J connectivity index is 1.93. The minimum Gasteiger partial charge on any atom is -0.377 e. The number of non-ortho nitro benzene ring substituents is 1. The van der Waals surface area contributed by atoms with Gasteiger partial charge in [0.1, 0.15) is 4.90 Å². The van der Waals surface area contributed by atoms with E-state index in [4.69, 9.17) is 4.18 Å². The van der Waals surface area contributed by atoms with Crippen LogP contribution in [0.2, 0.25) is 0 Å². The zero-order chi connectivity index (χ0) is 23.5. The molecule has 0 bridgehead atoms. The van der Waals surface area contributed by atoms with Crippen molar-refractivity contribution in [3.63, 3.8) is 0 Å². The van der Waals surface area contributed by atoms with Gasteiger partial charge in [-0.15, -0.1) is 0 Å². The van der Waals surface area contributed by atoms with Crippen molar-refractivity contribution >= 4 is 59.3 Å². The summed E-state index contributed by atoms with van der Waals surface area (Å²) in [7, 11) is -4.05. The quantitative estimate of drug-likeness (QED) is 0.112. The number of nitrogens with zero attached hydrogens (tertiary/aromatic N) is 2. The van der Waals surface area contributed by atoms with Crippen molar-refractivity contribution in [1.82, 2.24) is 0 Å². The third-order valence-corrected chi connectivity index (χ3v) is 6.76. The zero-order valence-electron chi connectivity index (χ0n) is 16.5. The van der Waals surface area contributed by atoms with Crippen LogP contribution >= 0.6 is 31.9 Å². The number of benzene rings is 3. The maximum atomic E-state index is 12.6. The molecule has 0 N–H and O–H groups in total. The fourth-order valence-electron chi connectivity index (χ4n) is 2.71. The van der Waals surface area contributed by atoms with Crippen LogP contribution in [0.15, 0.2) is 74.5 Å². The highest BCUT2D eigenvalue weighted by Gasteiger charge is 2.20. The van der Waals surface area contributed by atoms with Gasteiger partial charge in [-0.1, -0.05) is 17.7 Å². The van der Waals surface area contributed by atoms with Gasteiger partial charge >= 0.3 is 10.1 Å². The van der Waals surface area contributed by atoms with E-state index in [1.165, 1.54) is 36.4 Å². The lowest BCUT2D eigenvalue weighted by molar-refractivity contribution is -0.384. The maximum Gasteiger partial charge on any atom is 0.339 e. The fourth-order valence-corrected chi connectivity index (χ4v) is 5.28. The number of aryl methyl sites for hydroxylation is 1. The van der Waals surface area contributed by atoms with E-state index in [1.807, 2.05) is 6.92 Å². The molecule has 0 saturated heterocycles. The molecule has 3 rings (SSSR count). The molecule has 0 fully saturated rings. The Labute approximate surface area is 201 Å². The van der Waals surface area contributed by atoms with Gasteiger partial charge in [0.25, 0.3) is 5.69 Å². The molecule has 0 saturated carbocycles. The van der Waals surface area contributed by atoms with Crippen molar-refractivity contribution in [2.45, 2.75) is 11.8 Å². The lowest BCUT2D eigenvalue weighted by Gasteiger charge is -2.12. The Kier molecular flexibility index (Phi) is 7.13. The van der Waals surface area contributed by atoms with E-state index in [9.17, 15) is 23.8 Å². The molecule has 0 aliphatic rings. The monoisotopic (exact) mass is 576 g/mol. The number of hydrogen-bond acceptors (Lipinski definition) is 6. The number of nitro benzene ring substituents is 1. The number of rotatable bonds is 6. The van der Waals surface area contributed by atoms with Gasteiger partial charge in [0, 0.05) is 12.1 Å². The Morgan fingerprint density at radius 3 is 2.12 bits per heavy atom. The van der Waals surface area contributed by atoms with Crippen molar-refractivity contribution in [2.24, 2.45) is 0 Å². The Bertz CT molecular complexity index is 1340. The topological polar surface area (TPSA) is 110 Å². The van der Waals surface area contributed by atoms with Gasteiger partial charge in [-0.05, 0) is 92.4 Å². The van der Waals surface area contributed by atoms with Crippen LogP contribution < -0.4 is 4.18 Å². The summed E-state index contributed by atoms with van der Waals surface area (Å²) in [4.78, 5) is 10.3. The average molecular weight is 578 g/mol. The van der Waals surface area contributed by atoms with Crippen LogP contribution in [-0.4, -0.2) is 13.3 Å². The van der Waals surface area contributed by atoms with Crippen molar-refractivity contribution in [1.29, 1.82) is 5.26 Å². The molecule has 0 aliphatic heterocycles. The molecule has 0 atom stereocenters. The Hall–Kier alpha value is -3.00. The molecule has 0 unspecified atom stereocenters. The number of nitro groups is 1. The number of nitriles is 1. The predicted molar refractivity (Wildman–Crippen MR) is 127 cm³/mol. The van der Waals surface area contributed by atoms with Gasteiger partial charge in [-0.25, -0.2) is 0 Å². The smallest absolute Gasteiger partial charge is 0.339 e. The lowest BCUT2D eigenvalue weighted by Crippen LogP contribution is -2.10. The lowest BCUT2D eigenvalue weighted by atomic mass is 10.0. The van der Waals surface area contributed by atoms with Crippen LogP contribution in [0.4, 0.5) is 5.69 Å². The van der Waals surface area contributed by atoms with Crippen LogP contribution in [0.3, 0.4) is 0 Å². The molecule has 3 aromatic rings. The van der Waals surface area contributed by atoms with E-state index in [0.29, 0.717) is 20.1 Å². The second-order valence-electron chi connectivity index (χ2n) is 6.64. The molecule has 32 heavy (non-hydrogen) atoms. The molecule has 7 nitrogen and oxygen atoms in total. The molecule has 0 radical (unpaired) electrons. The molecular formula is C22H14Br2N2O5S. The Morgan fingerprint density at radius 2 is 1.62 bits per heavy atom. The molecule has 0 amide bonds. The highest BCUT2D eigenvalue weighted by atomic mass is 79.9. The summed E-state index contributed by atoms with van der Waals surface area (Å²) in [5.74, 6) is 0.0663. The van der Waals surface area contributed by atoms with E-state index in [-0.39, 0.29) is 21.9 Å². The molecule has 0 aromatic heterocycles. The zero-order valence-corrected chi connectivity index (χ0v) is 20.4. The number of halogens is 2. The van der Waals surface area contributed by atoms with Crippen LogP contribution in [0.25, 0.3) is 11.6 Å². The van der Waals surface area contributed by atoms with Crippen LogP contribution in [0.1, 0.15) is 16.7 Å². The number of hydrogen-bond donors (Lipinski definition) is 0. The fraction of sp³-hybridized carbons (Fsp3) is 0.0455. The average Bonchev–Trinajstić information content (AvgIpc) is 2.75. The van der Waals surface area contributed by atoms with Crippen molar-refractivity contribution in [3.05, 3.63) is 96.4 Å². The predicted octanol–water partition coefficient (Wildman–Crippen LogP) is 6.26. The first-order valence-corrected chi connectivity index (χ1v) is 12.0. The summed E-state index contributed by atoms with van der Waals surface area (Å²) >= 11 is 6.64. The van der Waals surface area contributed by atoms with Gasteiger partial charge in [0.05, 0.1) is 25.5 Å². The summed E-state index contributed by atoms with van der Waals surface area (Å²) in [5, 5.41) is 20.3. The van der Waals surface area contributed by atoms with Gasteiger partial charge in [0.2, 0.25) is 0 Å². The first-order valence-electron chi connectivity index (χ1n) is 8.97. The van der Waals surface area contributed by atoms with Crippen LogP contribution in [0.5, 0.6) is 5.75 Å². The van der Waals surface area contributed by atoms with Gasteiger partial charge in [0.15, 0.2) is 5.75 Å².